The summed E-state index contributed by atoms with van der Waals surface area (Å²) in [6.45, 7) is 4.01. The zero-order valence-electron chi connectivity index (χ0n) is 11.3. The van der Waals surface area contributed by atoms with Gasteiger partial charge in [0.2, 0.25) is 0 Å². The van der Waals surface area contributed by atoms with Crippen LogP contribution in [0.15, 0.2) is 47.4 Å². The molecule has 4 heteroatoms. The Labute approximate surface area is 134 Å². The second-order valence-electron chi connectivity index (χ2n) is 4.45. The molecule has 0 bridgehead atoms. The Balaban J connectivity index is 1.99. The second kappa shape index (κ2) is 7.94. The van der Waals surface area contributed by atoms with Gasteiger partial charge in [-0.25, -0.2) is 0 Å². The van der Waals surface area contributed by atoms with Crippen LogP contribution in [0, 0.1) is 0 Å². The van der Waals surface area contributed by atoms with Crippen LogP contribution in [0.5, 0.6) is 0 Å². The van der Waals surface area contributed by atoms with Gasteiger partial charge >= 0.3 is 0 Å². The summed E-state index contributed by atoms with van der Waals surface area (Å²) >= 11 is 13.9. The van der Waals surface area contributed by atoms with Crippen LogP contribution < -0.4 is 5.32 Å². The fraction of sp³-hybridized carbons (Fsp3) is 0.250. The summed E-state index contributed by atoms with van der Waals surface area (Å²) < 4.78 is 0. The maximum absolute atomic E-state index is 6.19. The molecule has 0 atom stereocenters. The van der Waals surface area contributed by atoms with Crippen LogP contribution in [0.25, 0.3) is 0 Å². The molecule has 1 N–H and O–H groups in total. The van der Waals surface area contributed by atoms with Gasteiger partial charge in [-0.2, -0.15) is 0 Å². The van der Waals surface area contributed by atoms with Gasteiger partial charge in [0.1, 0.15) is 0 Å². The van der Waals surface area contributed by atoms with Crippen molar-refractivity contribution >= 4 is 35.0 Å². The molecule has 0 radical (unpaired) electrons. The Hall–Kier alpha value is -0.670. The van der Waals surface area contributed by atoms with Crippen LogP contribution in [-0.2, 0) is 12.3 Å². The molecule has 0 aliphatic heterocycles. The first-order chi connectivity index (χ1) is 9.69. The summed E-state index contributed by atoms with van der Waals surface area (Å²) in [6, 6.07) is 14.2. The maximum atomic E-state index is 6.19. The van der Waals surface area contributed by atoms with E-state index in [0.29, 0.717) is 5.02 Å². The Morgan fingerprint density at radius 2 is 1.95 bits per heavy atom. The molecule has 0 fully saturated rings. The van der Waals surface area contributed by atoms with Crippen molar-refractivity contribution in [2.75, 3.05) is 6.54 Å². The molecule has 0 spiro atoms. The van der Waals surface area contributed by atoms with Crippen LogP contribution in [0.3, 0.4) is 0 Å². The predicted octanol–water partition coefficient (Wildman–Crippen LogP) is 5.40. The normalized spacial score (nSPS) is 10.8. The summed E-state index contributed by atoms with van der Waals surface area (Å²) in [5.74, 6) is 0.848. The highest BCUT2D eigenvalue weighted by Gasteiger charge is 2.03. The zero-order chi connectivity index (χ0) is 14.4. The smallest absolute Gasteiger partial charge is 0.0461 e. The van der Waals surface area contributed by atoms with E-state index in [4.69, 9.17) is 23.2 Å². The van der Waals surface area contributed by atoms with Crippen molar-refractivity contribution in [3.63, 3.8) is 0 Å². The number of hydrogen-bond donors (Lipinski definition) is 1. The Morgan fingerprint density at radius 1 is 1.10 bits per heavy atom. The number of halogens is 2. The minimum absolute atomic E-state index is 0.677. The summed E-state index contributed by atoms with van der Waals surface area (Å²) in [7, 11) is 0. The summed E-state index contributed by atoms with van der Waals surface area (Å²) in [6.07, 6.45) is 0. The molecule has 2 aromatic carbocycles. The number of rotatable bonds is 6. The molecule has 20 heavy (non-hydrogen) atoms. The Kier molecular flexibility index (Phi) is 6.24. The monoisotopic (exact) mass is 325 g/mol. The molecule has 2 rings (SSSR count). The van der Waals surface area contributed by atoms with E-state index in [1.54, 1.807) is 17.8 Å². The first-order valence-corrected chi connectivity index (χ1v) is 8.29. The molecule has 0 amide bonds. The predicted molar refractivity (Wildman–Crippen MR) is 89.8 cm³/mol. The minimum atomic E-state index is 0.677. The molecular weight excluding hydrogens is 309 g/mol. The second-order valence-corrected chi connectivity index (χ2v) is 6.34. The molecular formula is C16H17Cl2NS. The molecule has 2 aromatic rings. The van der Waals surface area contributed by atoms with E-state index in [1.165, 1.54) is 10.5 Å². The first kappa shape index (κ1) is 15.7. The largest absolute Gasteiger partial charge is 0.313 e. The third kappa shape index (κ3) is 4.71. The standard InChI is InChI=1S/C16H17Cl2NS/c1-2-19-10-12-4-3-5-15(8-12)20-11-13-6-7-14(17)9-16(13)18/h3-9,19H,2,10-11H2,1H3. The van der Waals surface area contributed by atoms with Crippen molar-refractivity contribution in [2.45, 2.75) is 24.1 Å². The lowest BCUT2D eigenvalue weighted by Crippen LogP contribution is -2.11. The maximum Gasteiger partial charge on any atom is 0.0461 e. The zero-order valence-corrected chi connectivity index (χ0v) is 13.7. The molecule has 0 aliphatic rings. The van der Waals surface area contributed by atoms with E-state index in [9.17, 15) is 0 Å². The first-order valence-electron chi connectivity index (χ1n) is 6.55. The molecule has 0 saturated heterocycles. The van der Waals surface area contributed by atoms with Crippen molar-refractivity contribution in [1.82, 2.24) is 5.32 Å². The molecule has 0 saturated carbocycles. The van der Waals surface area contributed by atoms with E-state index in [-0.39, 0.29) is 0 Å². The molecule has 0 heterocycles. The van der Waals surface area contributed by atoms with Crippen LogP contribution >= 0.6 is 35.0 Å². The van der Waals surface area contributed by atoms with E-state index >= 15 is 0 Å². The van der Waals surface area contributed by atoms with Gasteiger partial charge in [-0.1, -0.05) is 48.3 Å². The lowest BCUT2D eigenvalue weighted by Gasteiger charge is -2.07. The molecule has 0 aliphatic carbocycles. The van der Waals surface area contributed by atoms with E-state index < -0.39 is 0 Å². The van der Waals surface area contributed by atoms with Gasteiger partial charge < -0.3 is 5.32 Å². The van der Waals surface area contributed by atoms with E-state index in [2.05, 4.69) is 36.5 Å². The summed E-state index contributed by atoms with van der Waals surface area (Å²) in [5, 5.41) is 4.74. The number of nitrogens with one attached hydrogen (secondary N) is 1. The highest BCUT2D eigenvalue weighted by atomic mass is 35.5. The van der Waals surface area contributed by atoms with Gasteiger partial charge in [-0.3, -0.25) is 0 Å². The topological polar surface area (TPSA) is 12.0 Å². The van der Waals surface area contributed by atoms with Gasteiger partial charge in [0.05, 0.1) is 0 Å². The average Bonchev–Trinajstić information content (AvgIpc) is 2.45. The fourth-order valence-corrected chi connectivity index (χ4v) is 3.35. The van der Waals surface area contributed by atoms with Gasteiger partial charge in [-0.05, 0) is 41.9 Å². The molecule has 106 valence electrons. The minimum Gasteiger partial charge on any atom is -0.313 e. The fourth-order valence-electron chi connectivity index (χ4n) is 1.81. The molecule has 1 nitrogen and oxygen atoms in total. The van der Waals surface area contributed by atoms with E-state index in [1.807, 2.05) is 12.1 Å². The lowest BCUT2D eigenvalue weighted by atomic mass is 10.2. The Morgan fingerprint density at radius 3 is 2.70 bits per heavy atom. The molecule has 0 unspecified atom stereocenters. The quantitative estimate of drug-likeness (QED) is 0.714. The number of hydrogen-bond acceptors (Lipinski definition) is 2. The highest BCUT2D eigenvalue weighted by molar-refractivity contribution is 7.98. The van der Waals surface area contributed by atoms with E-state index in [0.717, 1.165) is 29.4 Å². The van der Waals surface area contributed by atoms with Crippen molar-refractivity contribution in [2.24, 2.45) is 0 Å². The van der Waals surface area contributed by atoms with Gasteiger partial charge in [0.15, 0.2) is 0 Å². The number of benzene rings is 2. The lowest BCUT2D eigenvalue weighted by molar-refractivity contribution is 0.725. The van der Waals surface area contributed by atoms with Crippen LogP contribution in [0.2, 0.25) is 10.0 Å². The van der Waals surface area contributed by atoms with Crippen LogP contribution in [-0.4, -0.2) is 6.54 Å². The van der Waals surface area contributed by atoms with Crippen molar-refractivity contribution < 1.29 is 0 Å². The van der Waals surface area contributed by atoms with Gasteiger partial charge in [0, 0.05) is 27.2 Å². The summed E-state index contributed by atoms with van der Waals surface area (Å²) in [4.78, 5) is 1.26. The molecule has 0 aromatic heterocycles. The van der Waals surface area contributed by atoms with Crippen LogP contribution in [0.4, 0.5) is 0 Å². The van der Waals surface area contributed by atoms with Gasteiger partial charge in [-0.15, -0.1) is 11.8 Å². The third-order valence-electron chi connectivity index (χ3n) is 2.89. The van der Waals surface area contributed by atoms with Gasteiger partial charge in [0.25, 0.3) is 0 Å². The third-order valence-corrected chi connectivity index (χ3v) is 4.52. The SMILES string of the molecule is CCNCc1cccc(SCc2ccc(Cl)cc2Cl)c1. The number of thioether (sulfide) groups is 1. The highest BCUT2D eigenvalue weighted by Crippen LogP contribution is 2.28. The average molecular weight is 326 g/mol. The van der Waals surface area contributed by atoms with Crippen molar-refractivity contribution in [3.8, 4) is 0 Å². The van der Waals surface area contributed by atoms with Crippen LogP contribution in [0.1, 0.15) is 18.1 Å². The van der Waals surface area contributed by atoms with Crippen molar-refractivity contribution in [1.29, 1.82) is 0 Å². The summed E-state index contributed by atoms with van der Waals surface area (Å²) in [5.41, 5.74) is 2.41. The Bertz CT molecular complexity index is 572. The van der Waals surface area contributed by atoms with Crippen molar-refractivity contribution in [3.05, 3.63) is 63.6 Å².